The molecular formula is C8H10N2O5S. The first-order chi connectivity index (χ1) is 7.41. The highest BCUT2D eigenvalue weighted by Gasteiger charge is 2.34. The third-order valence-electron chi connectivity index (χ3n) is 1.88. The summed E-state index contributed by atoms with van der Waals surface area (Å²) in [6.07, 6.45) is 0. The second-order valence-corrected chi connectivity index (χ2v) is 4.08. The highest BCUT2D eigenvalue weighted by atomic mass is 32.2. The molecule has 0 aromatic rings. The van der Waals surface area contributed by atoms with E-state index in [1.54, 1.807) is 0 Å². The van der Waals surface area contributed by atoms with Gasteiger partial charge in [-0.3, -0.25) is 19.3 Å². The van der Waals surface area contributed by atoms with Crippen LogP contribution in [0.3, 0.4) is 0 Å². The van der Waals surface area contributed by atoms with Crippen molar-refractivity contribution in [3.8, 4) is 0 Å². The van der Waals surface area contributed by atoms with Gasteiger partial charge in [0.05, 0.1) is 12.3 Å². The van der Waals surface area contributed by atoms with E-state index < -0.39 is 29.1 Å². The summed E-state index contributed by atoms with van der Waals surface area (Å²) in [6.45, 7) is 0.831. The van der Waals surface area contributed by atoms with Crippen LogP contribution in [-0.2, 0) is 14.4 Å². The molecule has 88 valence electrons. The second-order valence-electron chi connectivity index (χ2n) is 3.15. The van der Waals surface area contributed by atoms with E-state index in [2.05, 4.69) is 5.32 Å². The van der Waals surface area contributed by atoms with Gasteiger partial charge in [0, 0.05) is 6.92 Å². The number of aliphatic carboxylic acids is 1. The molecule has 16 heavy (non-hydrogen) atoms. The number of rotatable bonds is 4. The number of amides is 3. The van der Waals surface area contributed by atoms with Crippen molar-refractivity contribution in [2.24, 2.45) is 0 Å². The Morgan fingerprint density at radius 2 is 2.19 bits per heavy atom. The van der Waals surface area contributed by atoms with Crippen LogP contribution < -0.4 is 5.32 Å². The second kappa shape index (κ2) is 4.97. The predicted octanol–water partition coefficient (Wildman–Crippen LogP) is -0.729. The average Bonchev–Trinajstić information content (AvgIpc) is 2.47. The predicted molar refractivity (Wildman–Crippen MR) is 54.8 cm³/mol. The van der Waals surface area contributed by atoms with Gasteiger partial charge >= 0.3 is 5.97 Å². The third-order valence-corrected chi connectivity index (χ3v) is 2.74. The van der Waals surface area contributed by atoms with Gasteiger partial charge < -0.3 is 10.4 Å². The van der Waals surface area contributed by atoms with E-state index >= 15 is 0 Å². The Balaban J connectivity index is 2.67. The van der Waals surface area contributed by atoms with Gasteiger partial charge in [-0.25, -0.2) is 4.79 Å². The minimum atomic E-state index is -1.28. The molecule has 1 unspecified atom stereocenters. The SMILES string of the molecule is CC(=O)NC(CN1C(=O)CSC1=O)C(=O)O. The van der Waals surface area contributed by atoms with Crippen molar-refractivity contribution in [3.63, 3.8) is 0 Å². The van der Waals surface area contributed by atoms with Gasteiger partial charge in [0.25, 0.3) is 5.24 Å². The Bertz CT molecular complexity index is 340. The minimum Gasteiger partial charge on any atom is -0.480 e. The van der Waals surface area contributed by atoms with Crippen LogP contribution in [0.5, 0.6) is 0 Å². The molecule has 0 aromatic heterocycles. The summed E-state index contributed by atoms with van der Waals surface area (Å²) in [6, 6.07) is -1.26. The van der Waals surface area contributed by atoms with E-state index in [0.29, 0.717) is 0 Å². The smallest absolute Gasteiger partial charge is 0.328 e. The summed E-state index contributed by atoms with van der Waals surface area (Å²) in [4.78, 5) is 44.7. The molecule has 1 fully saturated rings. The van der Waals surface area contributed by atoms with Crippen LogP contribution in [0.15, 0.2) is 0 Å². The molecule has 1 aliphatic heterocycles. The van der Waals surface area contributed by atoms with Crippen LogP contribution in [0.1, 0.15) is 6.92 Å². The summed E-state index contributed by atoms with van der Waals surface area (Å²) < 4.78 is 0. The maximum atomic E-state index is 11.2. The number of thioether (sulfide) groups is 1. The number of carbonyl (C=O) groups is 4. The van der Waals surface area contributed by atoms with E-state index in [9.17, 15) is 19.2 Å². The van der Waals surface area contributed by atoms with Crippen LogP contribution in [-0.4, -0.2) is 51.4 Å². The van der Waals surface area contributed by atoms with E-state index in [0.717, 1.165) is 23.6 Å². The van der Waals surface area contributed by atoms with Crippen molar-refractivity contribution in [2.75, 3.05) is 12.3 Å². The number of carbonyl (C=O) groups excluding carboxylic acids is 3. The highest BCUT2D eigenvalue weighted by Crippen LogP contribution is 2.18. The number of carboxylic acids is 1. The first kappa shape index (κ1) is 12.5. The molecule has 0 spiro atoms. The standard InChI is InChI=1S/C8H10N2O5S/c1-4(11)9-5(7(13)14)2-10-6(12)3-16-8(10)15/h5H,2-3H2,1H3,(H,9,11)(H,13,14). The number of nitrogens with one attached hydrogen (secondary N) is 1. The maximum absolute atomic E-state index is 11.2. The number of nitrogens with zero attached hydrogens (tertiary/aromatic N) is 1. The van der Waals surface area contributed by atoms with E-state index in [-0.39, 0.29) is 12.3 Å². The lowest BCUT2D eigenvalue weighted by molar-refractivity contribution is -0.142. The monoisotopic (exact) mass is 246 g/mol. The average molecular weight is 246 g/mol. The Hall–Kier alpha value is -1.57. The van der Waals surface area contributed by atoms with Gasteiger partial charge in [-0.1, -0.05) is 11.8 Å². The molecule has 0 radical (unpaired) electrons. The molecule has 1 saturated heterocycles. The Morgan fingerprint density at radius 3 is 2.56 bits per heavy atom. The van der Waals surface area contributed by atoms with Crippen molar-refractivity contribution in [2.45, 2.75) is 13.0 Å². The summed E-state index contributed by atoms with van der Waals surface area (Å²) in [5.41, 5.74) is 0. The fourth-order valence-corrected chi connectivity index (χ4v) is 1.91. The summed E-state index contributed by atoms with van der Waals surface area (Å²) >= 11 is 0.818. The molecule has 1 heterocycles. The lowest BCUT2D eigenvalue weighted by Crippen LogP contribution is -2.49. The highest BCUT2D eigenvalue weighted by molar-refractivity contribution is 8.14. The van der Waals surface area contributed by atoms with Crippen LogP contribution in [0.4, 0.5) is 4.79 Å². The van der Waals surface area contributed by atoms with Gasteiger partial charge in [-0.2, -0.15) is 0 Å². The van der Waals surface area contributed by atoms with Gasteiger partial charge in [0.1, 0.15) is 6.04 Å². The van der Waals surface area contributed by atoms with Crippen molar-refractivity contribution in [1.29, 1.82) is 0 Å². The molecule has 0 aliphatic carbocycles. The first-order valence-electron chi connectivity index (χ1n) is 4.39. The zero-order valence-electron chi connectivity index (χ0n) is 8.43. The first-order valence-corrected chi connectivity index (χ1v) is 5.37. The Labute approximate surface area is 95.2 Å². The molecule has 0 saturated carbocycles. The summed E-state index contributed by atoms with van der Waals surface area (Å²) in [5.74, 6) is -2.23. The Kier molecular flexibility index (Phi) is 3.88. The maximum Gasteiger partial charge on any atom is 0.328 e. The molecule has 0 bridgehead atoms. The van der Waals surface area contributed by atoms with Gasteiger partial charge in [-0.15, -0.1) is 0 Å². The van der Waals surface area contributed by atoms with Crippen molar-refractivity contribution < 1.29 is 24.3 Å². The van der Waals surface area contributed by atoms with Crippen molar-refractivity contribution in [1.82, 2.24) is 10.2 Å². The number of hydrogen-bond donors (Lipinski definition) is 2. The van der Waals surface area contributed by atoms with Crippen LogP contribution in [0.2, 0.25) is 0 Å². The molecule has 3 amide bonds. The van der Waals surface area contributed by atoms with Gasteiger partial charge in [0.2, 0.25) is 11.8 Å². The molecule has 0 aromatic carbocycles. The van der Waals surface area contributed by atoms with Crippen molar-refractivity contribution in [3.05, 3.63) is 0 Å². The normalized spacial score (nSPS) is 17.4. The van der Waals surface area contributed by atoms with Crippen LogP contribution >= 0.6 is 11.8 Å². The van der Waals surface area contributed by atoms with Gasteiger partial charge in [-0.05, 0) is 0 Å². The summed E-state index contributed by atoms with van der Waals surface area (Å²) in [7, 11) is 0. The zero-order valence-corrected chi connectivity index (χ0v) is 9.24. The summed E-state index contributed by atoms with van der Waals surface area (Å²) in [5, 5.41) is 10.5. The molecule has 8 heteroatoms. The number of imide groups is 1. The van der Waals surface area contributed by atoms with E-state index in [4.69, 9.17) is 5.11 Å². The lowest BCUT2D eigenvalue weighted by Gasteiger charge is -2.18. The van der Waals surface area contributed by atoms with Crippen molar-refractivity contribution >= 4 is 34.8 Å². The number of hydrogen-bond acceptors (Lipinski definition) is 5. The van der Waals surface area contributed by atoms with Crippen LogP contribution in [0.25, 0.3) is 0 Å². The molecule has 1 aliphatic rings. The Morgan fingerprint density at radius 1 is 1.56 bits per heavy atom. The van der Waals surface area contributed by atoms with E-state index in [1.807, 2.05) is 0 Å². The molecule has 1 rings (SSSR count). The van der Waals surface area contributed by atoms with E-state index in [1.165, 1.54) is 0 Å². The minimum absolute atomic E-state index is 0.0191. The third kappa shape index (κ3) is 2.96. The number of carboxylic acid groups (broad SMARTS) is 1. The fourth-order valence-electron chi connectivity index (χ4n) is 1.17. The van der Waals surface area contributed by atoms with Crippen LogP contribution in [0, 0.1) is 0 Å². The quantitative estimate of drug-likeness (QED) is 0.677. The van der Waals surface area contributed by atoms with Gasteiger partial charge in [0.15, 0.2) is 0 Å². The molecule has 7 nitrogen and oxygen atoms in total. The fraction of sp³-hybridized carbons (Fsp3) is 0.500. The molecule has 1 atom stereocenters. The largest absolute Gasteiger partial charge is 0.480 e. The lowest BCUT2D eigenvalue weighted by atomic mass is 10.2. The topological polar surface area (TPSA) is 104 Å². The molecule has 2 N–H and O–H groups in total. The zero-order chi connectivity index (χ0) is 12.3. The molecular weight excluding hydrogens is 236 g/mol.